The largest absolute Gasteiger partial charge is 0.490 e. The van der Waals surface area contributed by atoms with E-state index in [-0.39, 0.29) is 12.2 Å². The molecule has 0 N–H and O–H groups in total. The first-order valence-corrected chi connectivity index (χ1v) is 12.9. The van der Waals surface area contributed by atoms with Gasteiger partial charge >= 0.3 is 0 Å². The maximum atomic E-state index is 13.3. The second-order valence-corrected chi connectivity index (χ2v) is 9.44. The number of nitriles is 1. The molecule has 7 nitrogen and oxygen atoms in total. The lowest BCUT2D eigenvalue weighted by Gasteiger charge is -2.15. The minimum atomic E-state index is -0.252. The molecule has 0 bridgehead atoms. The fourth-order valence-electron chi connectivity index (χ4n) is 3.79. The lowest BCUT2D eigenvalue weighted by Crippen LogP contribution is -2.22. The Kier molecular flexibility index (Phi) is 8.59. The van der Waals surface area contributed by atoms with E-state index in [1.165, 1.54) is 4.68 Å². The Morgan fingerprint density at radius 3 is 2.73 bits per heavy atom. The highest BCUT2D eigenvalue weighted by Gasteiger charge is 2.15. The highest BCUT2D eigenvalue weighted by molar-refractivity contribution is 9.10. The van der Waals surface area contributed by atoms with Gasteiger partial charge in [0, 0.05) is 16.5 Å². The molecule has 0 fully saturated rings. The number of hydrogen-bond acceptors (Lipinski definition) is 6. The standard InChI is InChI=1S/C28H24BrClN4O3/c1-3-7-26-33-24-11-10-21(29)14-22(24)28(35)34(26)32-16-18-12-23(30)27(25(13-18)36-4-2)37-17-20-9-6-5-8-19(20)15-31/h5-6,8-14,16H,3-4,7,17H2,1-2H3. The number of halogens is 2. The van der Waals surface area contributed by atoms with Crippen LogP contribution in [0.5, 0.6) is 11.5 Å². The smallest absolute Gasteiger partial charge is 0.282 e. The average Bonchev–Trinajstić information content (AvgIpc) is 2.89. The Balaban J connectivity index is 1.69. The van der Waals surface area contributed by atoms with E-state index in [2.05, 4.69) is 32.1 Å². The van der Waals surface area contributed by atoms with Crippen molar-refractivity contribution in [2.24, 2.45) is 5.10 Å². The Bertz CT molecular complexity index is 1580. The van der Waals surface area contributed by atoms with Crippen molar-refractivity contribution in [2.75, 3.05) is 6.61 Å². The van der Waals surface area contributed by atoms with Crippen LogP contribution in [0.4, 0.5) is 0 Å². The van der Waals surface area contributed by atoms with Gasteiger partial charge in [-0.05, 0) is 55.3 Å². The monoisotopic (exact) mass is 578 g/mol. The number of fused-ring (bicyclic) bond motifs is 1. The topological polar surface area (TPSA) is 89.5 Å². The first-order valence-electron chi connectivity index (χ1n) is 11.8. The first kappa shape index (κ1) is 26.4. The predicted octanol–water partition coefficient (Wildman–Crippen LogP) is 6.50. The van der Waals surface area contributed by atoms with Crippen LogP contribution in [0.2, 0.25) is 5.02 Å². The second kappa shape index (κ2) is 12.0. The molecule has 3 aromatic carbocycles. The molecule has 188 valence electrons. The molecule has 37 heavy (non-hydrogen) atoms. The van der Waals surface area contributed by atoms with Crippen molar-refractivity contribution in [1.82, 2.24) is 9.66 Å². The lowest BCUT2D eigenvalue weighted by molar-refractivity contribution is 0.269. The Morgan fingerprint density at radius 2 is 1.97 bits per heavy atom. The van der Waals surface area contributed by atoms with E-state index in [1.807, 2.05) is 38.1 Å². The summed E-state index contributed by atoms with van der Waals surface area (Å²) >= 11 is 10.0. The van der Waals surface area contributed by atoms with Crippen molar-refractivity contribution >= 4 is 44.6 Å². The minimum Gasteiger partial charge on any atom is -0.490 e. The summed E-state index contributed by atoms with van der Waals surface area (Å²) in [6.45, 7) is 4.43. The van der Waals surface area contributed by atoms with Crippen molar-refractivity contribution in [3.8, 4) is 17.6 Å². The zero-order valence-electron chi connectivity index (χ0n) is 20.4. The summed E-state index contributed by atoms with van der Waals surface area (Å²) in [5, 5.41) is 14.6. The summed E-state index contributed by atoms with van der Waals surface area (Å²) in [6, 6.07) is 18.2. The fraction of sp³-hybridized carbons (Fsp3) is 0.214. The molecule has 1 aromatic heterocycles. The molecule has 0 saturated carbocycles. The molecule has 0 aliphatic carbocycles. The average molecular weight is 580 g/mol. The molecule has 0 atom stereocenters. The highest BCUT2D eigenvalue weighted by Crippen LogP contribution is 2.37. The van der Waals surface area contributed by atoms with Crippen LogP contribution in [0.25, 0.3) is 10.9 Å². The SMILES string of the molecule is CCCc1nc2ccc(Br)cc2c(=O)n1N=Cc1cc(Cl)c(OCc2ccccc2C#N)c(OCC)c1. The van der Waals surface area contributed by atoms with Gasteiger partial charge in [-0.1, -0.05) is 52.7 Å². The Morgan fingerprint density at radius 1 is 1.16 bits per heavy atom. The number of ether oxygens (including phenoxy) is 2. The van der Waals surface area contributed by atoms with Crippen LogP contribution < -0.4 is 15.0 Å². The van der Waals surface area contributed by atoms with Crippen LogP contribution in [-0.4, -0.2) is 22.5 Å². The Labute approximate surface area is 228 Å². The lowest BCUT2D eigenvalue weighted by atomic mass is 10.1. The van der Waals surface area contributed by atoms with E-state index in [9.17, 15) is 10.1 Å². The van der Waals surface area contributed by atoms with Gasteiger partial charge in [0.1, 0.15) is 12.4 Å². The van der Waals surface area contributed by atoms with E-state index in [0.717, 1.165) is 16.5 Å². The summed E-state index contributed by atoms with van der Waals surface area (Å²) in [6.07, 6.45) is 2.96. The van der Waals surface area contributed by atoms with Gasteiger partial charge in [-0.3, -0.25) is 4.79 Å². The quantitative estimate of drug-likeness (QED) is 0.211. The predicted molar refractivity (Wildman–Crippen MR) is 149 cm³/mol. The maximum Gasteiger partial charge on any atom is 0.282 e. The number of nitrogens with zero attached hydrogens (tertiary/aromatic N) is 4. The molecule has 0 amide bonds. The molecular weight excluding hydrogens is 556 g/mol. The van der Waals surface area contributed by atoms with Gasteiger partial charge in [0.15, 0.2) is 11.5 Å². The van der Waals surface area contributed by atoms with E-state index in [1.54, 1.807) is 36.5 Å². The third-order valence-electron chi connectivity index (χ3n) is 5.51. The van der Waals surface area contributed by atoms with Gasteiger partial charge in [0.2, 0.25) is 0 Å². The summed E-state index contributed by atoms with van der Waals surface area (Å²) in [7, 11) is 0. The fourth-order valence-corrected chi connectivity index (χ4v) is 4.43. The zero-order valence-corrected chi connectivity index (χ0v) is 22.7. The zero-order chi connectivity index (χ0) is 26.4. The maximum absolute atomic E-state index is 13.3. The second-order valence-electron chi connectivity index (χ2n) is 8.12. The van der Waals surface area contributed by atoms with Crippen molar-refractivity contribution in [3.63, 3.8) is 0 Å². The van der Waals surface area contributed by atoms with Crippen LogP contribution in [0.15, 0.2) is 69.0 Å². The van der Waals surface area contributed by atoms with Crippen LogP contribution >= 0.6 is 27.5 Å². The van der Waals surface area contributed by atoms with Crippen molar-refractivity contribution in [2.45, 2.75) is 33.3 Å². The van der Waals surface area contributed by atoms with Gasteiger partial charge in [0.05, 0.1) is 40.4 Å². The number of rotatable bonds is 9. The third-order valence-corrected chi connectivity index (χ3v) is 6.29. The number of aryl methyl sites for hydroxylation is 1. The van der Waals surface area contributed by atoms with Crippen LogP contribution in [-0.2, 0) is 13.0 Å². The summed E-state index contributed by atoms with van der Waals surface area (Å²) < 4.78 is 13.9. The third kappa shape index (κ3) is 6.01. The normalized spacial score (nSPS) is 11.1. The molecule has 4 aromatic rings. The molecule has 0 radical (unpaired) electrons. The van der Waals surface area contributed by atoms with Crippen molar-refractivity contribution in [3.05, 3.63) is 97.0 Å². The van der Waals surface area contributed by atoms with E-state index >= 15 is 0 Å². The molecule has 0 aliphatic heterocycles. The van der Waals surface area contributed by atoms with Gasteiger partial charge in [-0.15, -0.1) is 0 Å². The summed E-state index contributed by atoms with van der Waals surface area (Å²) in [5.41, 5.74) is 2.28. The minimum absolute atomic E-state index is 0.158. The van der Waals surface area contributed by atoms with Crippen LogP contribution in [0.1, 0.15) is 42.8 Å². The van der Waals surface area contributed by atoms with Gasteiger partial charge < -0.3 is 9.47 Å². The first-order chi connectivity index (χ1) is 17.9. The van der Waals surface area contributed by atoms with E-state index < -0.39 is 0 Å². The number of hydrogen-bond donors (Lipinski definition) is 0. The molecule has 0 saturated heterocycles. The van der Waals surface area contributed by atoms with E-state index in [4.69, 9.17) is 21.1 Å². The highest BCUT2D eigenvalue weighted by atomic mass is 79.9. The molecule has 1 heterocycles. The van der Waals surface area contributed by atoms with Gasteiger partial charge in [0.25, 0.3) is 5.56 Å². The molecule has 0 aliphatic rings. The van der Waals surface area contributed by atoms with Crippen molar-refractivity contribution < 1.29 is 9.47 Å². The number of benzene rings is 3. The summed E-state index contributed by atoms with van der Waals surface area (Å²) in [4.78, 5) is 17.9. The van der Waals surface area contributed by atoms with Crippen LogP contribution in [0, 0.1) is 11.3 Å². The van der Waals surface area contributed by atoms with Crippen molar-refractivity contribution in [1.29, 1.82) is 5.26 Å². The van der Waals surface area contributed by atoms with Crippen LogP contribution in [0.3, 0.4) is 0 Å². The molecule has 9 heteroatoms. The molecule has 4 rings (SSSR count). The molecular formula is C28H24BrClN4O3. The molecule has 0 spiro atoms. The van der Waals surface area contributed by atoms with Gasteiger partial charge in [-0.2, -0.15) is 15.0 Å². The van der Waals surface area contributed by atoms with Gasteiger partial charge in [-0.25, -0.2) is 4.98 Å². The Hall–Kier alpha value is -3.67. The summed E-state index contributed by atoms with van der Waals surface area (Å²) in [5.74, 6) is 1.38. The number of aromatic nitrogens is 2. The van der Waals surface area contributed by atoms with E-state index in [0.29, 0.717) is 57.4 Å². The molecule has 0 unspecified atom stereocenters.